The van der Waals surface area contributed by atoms with Crippen LogP contribution in [0.4, 0.5) is 16.9 Å². The number of fused-ring (bicyclic) bond motifs is 1. The van der Waals surface area contributed by atoms with E-state index in [0.29, 0.717) is 44.6 Å². The van der Waals surface area contributed by atoms with Crippen LogP contribution in [0.15, 0.2) is 30.6 Å². The van der Waals surface area contributed by atoms with Gasteiger partial charge in [-0.05, 0) is 18.9 Å². The van der Waals surface area contributed by atoms with Crippen LogP contribution >= 0.6 is 22.9 Å². The summed E-state index contributed by atoms with van der Waals surface area (Å²) in [7, 11) is 3.43. The standard InChI is InChI=1S/C23H26ClN7O3S/c1-31-10-8-18(30-31)28-22-25-9-7-13(26-22)12-34-16-11-17(33-2)20-21(19(16)24)35-23(29-20)27-14-5-3-4-6-15(14)32/h7-11,14-15,32H,3-6,12H2,1-2H3,(H,27,29)(H,25,26,28,30)/t14-,15-/m0/s1. The Kier molecular flexibility index (Phi) is 6.89. The molecule has 0 unspecified atom stereocenters. The molecule has 0 amide bonds. The molecule has 0 bridgehead atoms. The Balaban J connectivity index is 1.34. The third kappa shape index (κ3) is 5.26. The van der Waals surface area contributed by atoms with Crippen LogP contribution in [-0.2, 0) is 13.7 Å². The number of nitrogens with zero attached hydrogens (tertiary/aromatic N) is 5. The van der Waals surface area contributed by atoms with Crippen LogP contribution in [0.1, 0.15) is 31.4 Å². The normalized spacial score (nSPS) is 17.9. The molecule has 4 aromatic rings. The van der Waals surface area contributed by atoms with E-state index in [4.69, 9.17) is 21.1 Å². The number of nitrogens with one attached hydrogen (secondary N) is 2. The van der Waals surface area contributed by atoms with Gasteiger partial charge >= 0.3 is 0 Å². The summed E-state index contributed by atoms with van der Waals surface area (Å²) in [6, 6.07) is 5.33. The van der Waals surface area contributed by atoms with Crippen LogP contribution in [0.3, 0.4) is 0 Å². The molecule has 12 heteroatoms. The Morgan fingerprint density at radius 1 is 1.23 bits per heavy atom. The molecule has 1 saturated carbocycles. The van der Waals surface area contributed by atoms with Gasteiger partial charge in [0.1, 0.15) is 28.6 Å². The monoisotopic (exact) mass is 515 g/mol. The van der Waals surface area contributed by atoms with Crippen molar-refractivity contribution in [3.63, 3.8) is 0 Å². The summed E-state index contributed by atoms with van der Waals surface area (Å²) >= 11 is 8.14. The highest BCUT2D eigenvalue weighted by Gasteiger charge is 2.25. The molecular weight excluding hydrogens is 490 g/mol. The number of ether oxygens (including phenoxy) is 2. The van der Waals surface area contributed by atoms with E-state index in [0.717, 1.165) is 30.4 Å². The summed E-state index contributed by atoms with van der Waals surface area (Å²) in [5.41, 5.74) is 1.33. The quantitative estimate of drug-likeness (QED) is 0.311. The minimum atomic E-state index is -0.378. The largest absolute Gasteiger partial charge is 0.494 e. The number of aliphatic hydroxyl groups is 1. The van der Waals surface area contributed by atoms with Crippen molar-refractivity contribution < 1.29 is 14.6 Å². The second-order valence-electron chi connectivity index (χ2n) is 8.35. The SMILES string of the molecule is COc1cc(OCc2ccnc(Nc3ccn(C)n3)n2)c(Cl)c2sc(N[C@H]3CCCC[C@@H]3O)nc12. The van der Waals surface area contributed by atoms with E-state index in [1.54, 1.807) is 30.1 Å². The number of hydrogen-bond acceptors (Lipinski definition) is 10. The van der Waals surface area contributed by atoms with Gasteiger partial charge in [0.2, 0.25) is 5.95 Å². The zero-order valence-corrected chi connectivity index (χ0v) is 20.9. The average Bonchev–Trinajstić information content (AvgIpc) is 3.46. The fourth-order valence-corrected chi connectivity index (χ4v) is 5.33. The van der Waals surface area contributed by atoms with Crippen molar-refractivity contribution in [2.24, 2.45) is 7.05 Å². The molecule has 1 aromatic carbocycles. The van der Waals surface area contributed by atoms with Crippen LogP contribution in [-0.4, -0.2) is 49.1 Å². The predicted molar refractivity (Wildman–Crippen MR) is 136 cm³/mol. The van der Waals surface area contributed by atoms with E-state index < -0.39 is 0 Å². The minimum absolute atomic E-state index is 0.0172. The Morgan fingerprint density at radius 3 is 2.86 bits per heavy atom. The number of anilines is 3. The van der Waals surface area contributed by atoms with Crippen molar-refractivity contribution in [2.45, 2.75) is 44.4 Å². The average molecular weight is 516 g/mol. The highest BCUT2D eigenvalue weighted by molar-refractivity contribution is 7.22. The molecule has 184 valence electrons. The van der Waals surface area contributed by atoms with Crippen molar-refractivity contribution >= 4 is 50.1 Å². The van der Waals surface area contributed by atoms with Crippen molar-refractivity contribution in [1.29, 1.82) is 0 Å². The Labute approximate surface area is 211 Å². The summed E-state index contributed by atoms with van der Waals surface area (Å²) in [5.74, 6) is 2.11. The topological polar surface area (TPSA) is 119 Å². The summed E-state index contributed by atoms with van der Waals surface area (Å²) in [5, 5.41) is 22.2. The van der Waals surface area contributed by atoms with E-state index in [-0.39, 0.29) is 18.8 Å². The number of aryl methyl sites for hydroxylation is 1. The maximum absolute atomic E-state index is 10.3. The Hall–Kier alpha value is -3.15. The lowest BCUT2D eigenvalue weighted by Crippen LogP contribution is -2.36. The molecule has 5 rings (SSSR count). The Morgan fingerprint density at radius 2 is 2.09 bits per heavy atom. The van der Waals surface area contributed by atoms with E-state index >= 15 is 0 Å². The summed E-state index contributed by atoms with van der Waals surface area (Å²) < 4.78 is 14.0. The van der Waals surface area contributed by atoms with Crippen molar-refractivity contribution in [2.75, 3.05) is 17.7 Å². The fraction of sp³-hybridized carbons (Fsp3) is 0.391. The molecule has 3 heterocycles. The van der Waals surface area contributed by atoms with Gasteiger partial charge < -0.3 is 25.2 Å². The molecule has 2 atom stereocenters. The molecule has 0 spiro atoms. The minimum Gasteiger partial charge on any atom is -0.494 e. The zero-order chi connectivity index (χ0) is 24.4. The molecular formula is C23H26ClN7O3S. The first kappa shape index (κ1) is 23.6. The number of rotatable bonds is 8. The smallest absolute Gasteiger partial charge is 0.228 e. The molecule has 0 saturated heterocycles. The number of benzene rings is 1. The zero-order valence-electron chi connectivity index (χ0n) is 19.4. The van der Waals surface area contributed by atoms with E-state index in [1.165, 1.54) is 11.3 Å². The number of halogens is 1. The van der Waals surface area contributed by atoms with E-state index in [9.17, 15) is 5.11 Å². The second kappa shape index (κ2) is 10.2. The van der Waals surface area contributed by atoms with Crippen LogP contribution < -0.4 is 20.1 Å². The van der Waals surface area contributed by atoms with Gasteiger partial charge in [-0.25, -0.2) is 15.0 Å². The number of aliphatic hydroxyl groups excluding tert-OH is 1. The first-order chi connectivity index (χ1) is 17.0. The third-order valence-electron chi connectivity index (χ3n) is 5.84. The van der Waals surface area contributed by atoms with Crippen molar-refractivity contribution in [3.05, 3.63) is 41.3 Å². The molecule has 0 radical (unpaired) electrons. The molecule has 3 N–H and O–H groups in total. The van der Waals surface area contributed by atoms with Crippen LogP contribution in [0, 0.1) is 0 Å². The van der Waals surface area contributed by atoms with Crippen molar-refractivity contribution in [3.8, 4) is 11.5 Å². The lowest BCUT2D eigenvalue weighted by molar-refractivity contribution is 0.116. The summed E-state index contributed by atoms with van der Waals surface area (Å²) in [4.78, 5) is 13.4. The first-order valence-corrected chi connectivity index (χ1v) is 12.5. The molecule has 1 aliphatic rings. The number of methoxy groups -OCH3 is 1. The van der Waals surface area contributed by atoms with Gasteiger partial charge in [-0.2, -0.15) is 5.10 Å². The summed E-state index contributed by atoms with van der Waals surface area (Å²) in [6.45, 7) is 0.186. The molecule has 1 fully saturated rings. The molecule has 3 aromatic heterocycles. The predicted octanol–water partition coefficient (Wildman–Crippen LogP) is 4.52. The molecule has 10 nitrogen and oxygen atoms in total. The second-order valence-corrected chi connectivity index (χ2v) is 9.73. The van der Waals surface area contributed by atoms with Crippen LogP contribution in [0.25, 0.3) is 10.2 Å². The maximum Gasteiger partial charge on any atom is 0.228 e. The highest BCUT2D eigenvalue weighted by atomic mass is 35.5. The van der Waals surface area contributed by atoms with Gasteiger partial charge in [0.25, 0.3) is 0 Å². The lowest BCUT2D eigenvalue weighted by atomic mass is 9.93. The highest BCUT2D eigenvalue weighted by Crippen LogP contribution is 2.44. The van der Waals surface area contributed by atoms with Gasteiger partial charge in [-0.15, -0.1) is 0 Å². The third-order valence-corrected chi connectivity index (χ3v) is 7.33. The van der Waals surface area contributed by atoms with Gasteiger partial charge in [-0.3, -0.25) is 4.68 Å². The molecule has 1 aliphatic carbocycles. The summed E-state index contributed by atoms with van der Waals surface area (Å²) in [6.07, 6.45) is 6.95. The maximum atomic E-state index is 10.3. The van der Waals surface area contributed by atoms with Gasteiger partial charge in [0, 0.05) is 31.6 Å². The Bertz CT molecular complexity index is 1330. The first-order valence-electron chi connectivity index (χ1n) is 11.3. The van der Waals surface area contributed by atoms with Gasteiger partial charge in [0.05, 0.1) is 29.6 Å². The van der Waals surface area contributed by atoms with Gasteiger partial charge in [0.15, 0.2) is 10.9 Å². The van der Waals surface area contributed by atoms with E-state index in [1.807, 2.05) is 19.3 Å². The van der Waals surface area contributed by atoms with E-state index in [2.05, 4.69) is 30.7 Å². The van der Waals surface area contributed by atoms with Crippen LogP contribution in [0.5, 0.6) is 11.5 Å². The van der Waals surface area contributed by atoms with Gasteiger partial charge in [-0.1, -0.05) is 35.8 Å². The number of hydrogen-bond donors (Lipinski definition) is 3. The fourth-order valence-electron chi connectivity index (χ4n) is 4.04. The number of thiazole rings is 1. The molecule has 0 aliphatic heterocycles. The number of aromatic nitrogens is 5. The van der Waals surface area contributed by atoms with Crippen LogP contribution in [0.2, 0.25) is 5.02 Å². The van der Waals surface area contributed by atoms with Crippen molar-refractivity contribution in [1.82, 2.24) is 24.7 Å². The lowest BCUT2D eigenvalue weighted by Gasteiger charge is -2.27. The molecule has 35 heavy (non-hydrogen) atoms.